The second-order valence-corrected chi connectivity index (χ2v) is 5.60. The van der Waals surface area contributed by atoms with Gasteiger partial charge in [0.25, 0.3) is 0 Å². The highest BCUT2D eigenvalue weighted by atomic mass is 15.6. The van der Waals surface area contributed by atoms with Crippen LogP contribution in [0.25, 0.3) is 0 Å². The summed E-state index contributed by atoms with van der Waals surface area (Å²) in [5, 5.41) is 10.1. The third-order valence-corrected chi connectivity index (χ3v) is 4.16. The molecule has 5 heteroatoms. The van der Waals surface area contributed by atoms with E-state index in [0.717, 1.165) is 30.2 Å². The summed E-state index contributed by atoms with van der Waals surface area (Å²) in [6.45, 7) is 6.85. The predicted molar refractivity (Wildman–Crippen MR) is 102 cm³/mol. The molecular formula is C19H23N5. The number of hydrogen-bond acceptors (Lipinski definition) is 4. The Morgan fingerprint density at radius 2 is 1.71 bits per heavy atom. The van der Waals surface area contributed by atoms with Crippen LogP contribution in [-0.4, -0.2) is 31.2 Å². The third-order valence-electron chi connectivity index (χ3n) is 4.16. The molecule has 0 spiro atoms. The lowest BCUT2D eigenvalue weighted by Gasteiger charge is -2.20. The van der Waals surface area contributed by atoms with Gasteiger partial charge in [0, 0.05) is 18.8 Å². The number of nitrogens with zero attached hydrogens (tertiary/aromatic N) is 3. The number of nitrogens with one attached hydrogen (secondary N) is 2. The van der Waals surface area contributed by atoms with Crippen molar-refractivity contribution >= 4 is 28.6 Å². The van der Waals surface area contributed by atoms with Crippen LogP contribution in [0.1, 0.15) is 13.8 Å². The Kier molecular flexibility index (Phi) is 4.91. The van der Waals surface area contributed by atoms with Crippen LogP contribution in [0.15, 0.2) is 59.6 Å². The molecule has 3 rings (SSSR count). The van der Waals surface area contributed by atoms with E-state index in [1.54, 1.807) is 5.01 Å². The van der Waals surface area contributed by atoms with Crippen molar-refractivity contribution in [3.05, 3.63) is 54.6 Å². The lowest BCUT2D eigenvalue weighted by atomic mass is 10.2. The molecule has 2 aromatic rings. The Bertz CT molecular complexity index is 717. The van der Waals surface area contributed by atoms with E-state index >= 15 is 0 Å². The summed E-state index contributed by atoms with van der Waals surface area (Å²) in [5.74, 6) is 0.397. The molecule has 1 aliphatic rings. The quantitative estimate of drug-likeness (QED) is 0.884. The second-order valence-electron chi connectivity index (χ2n) is 5.60. The number of aliphatic imine (C=N–C) groups is 1. The van der Waals surface area contributed by atoms with Gasteiger partial charge in [0.05, 0.1) is 17.9 Å². The van der Waals surface area contributed by atoms with E-state index in [4.69, 9.17) is 5.41 Å². The zero-order chi connectivity index (χ0) is 16.9. The highest BCUT2D eigenvalue weighted by Gasteiger charge is 2.24. The van der Waals surface area contributed by atoms with Crippen molar-refractivity contribution in [3.63, 3.8) is 0 Å². The van der Waals surface area contributed by atoms with Crippen LogP contribution in [0.4, 0.5) is 17.1 Å². The van der Waals surface area contributed by atoms with Crippen LogP contribution in [-0.2, 0) is 0 Å². The molecule has 1 saturated heterocycles. The fourth-order valence-electron chi connectivity index (χ4n) is 2.82. The minimum absolute atomic E-state index is 0.397. The molecular weight excluding hydrogens is 298 g/mol. The largest absolute Gasteiger partial charge is 0.372 e. The molecule has 0 aliphatic carbocycles. The normalized spacial score (nSPS) is 16.0. The van der Waals surface area contributed by atoms with Gasteiger partial charge in [-0.15, -0.1) is 0 Å². The van der Waals surface area contributed by atoms with Gasteiger partial charge in [0.2, 0.25) is 0 Å². The van der Waals surface area contributed by atoms with Gasteiger partial charge >= 0.3 is 0 Å². The molecule has 24 heavy (non-hydrogen) atoms. The van der Waals surface area contributed by atoms with E-state index in [1.165, 1.54) is 5.69 Å². The van der Waals surface area contributed by atoms with Gasteiger partial charge in [-0.2, -0.15) is 0 Å². The van der Waals surface area contributed by atoms with E-state index in [-0.39, 0.29) is 0 Å². The van der Waals surface area contributed by atoms with Crippen LogP contribution >= 0.6 is 0 Å². The Morgan fingerprint density at radius 1 is 1.04 bits per heavy atom. The standard InChI is InChI=1S/C19H23N5/c1-3-23(4-2)16-12-10-15(11-13-16)22-18-14-21-24(19(18)20)17-8-6-5-7-9-17/h5-13,20-21H,3-4,14H2,1-2H3. The molecule has 0 radical (unpaired) electrons. The summed E-state index contributed by atoms with van der Waals surface area (Å²) in [6.07, 6.45) is 0. The van der Waals surface area contributed by atoms with E-state index in [1.807, 2.05) is 42.5 Å². The van der Waals surface area contributed by atoms with Gasteiger partial charge in [-0.1, -0.05) is 18.2 Å². The first-order valence-electron chi connectivity index (χ1n) is 8.33. The first-order chi connectivity index (χ1) is 11.7. The smallest absolute Gasteiger partial charge is 0.163 e. The molecule has 124 valence electrons. The fraction of sp³-hybridized carbons (Fsp3) is 0.263. The van der Waals surface area contributed by atoms with Crippen LogP contribution in [0, 0.1) is 5.41 Å². The molecule has 2 aromatic carbocycles. The maximum absolute atomic E-state index is 8.34. The van der Waals surface area contributed by atoms with Gasteiger partial charge in [-0.25, -0.2) is 10.4 Å². The average Bonchev–Trinajstić information content (AvgIpc) is 2.99. The number of hydrazine groups is 1. The SMILES string of the molecule is CCN(CC)c1ccc(N=C2CNN(c3ccccc3)C2=N)cc1. The van der Waals surface area contributed by atoms with Gasteiger partial charge in [-0.05, 0) is 50.2 Å². The average molecular weight is 321 g/mol. The molecule has 2 N–H and O–H groups in total. The first-order valence-corrected chi connectivity index (χ1v) is 8.33. The van der Waals surface area contributed by atoms with Crippen LogP contribution in [0.5, 0.6) is 0 Å². The molecule has 0 saturated carbocycles. The van der Waals surface area contributed by atoms with Gasteiger partial charge in [-0.3, -0.25) is 10.4 Å². The van der Waals surface area contributed by atoms with Crippen molar-refractivity contribution in [2.75, 3.05) is 29.5 Å². The molecule has 0 aromatic heterocycles. The summed E-state index contributed by atoms with van der Waals surface area (Å²) in [6, 6.07) is 18.1. The van der Waals surface area contributed by atoms with E-state index in [2.05, 4.69) is 41.3 Å². The number of benzene rings is 2. The Labute approximate surface area is 143 Å². The maximum atomic E-state index is 8.34. The van der Waals surface area contributed by atoms with Crippen molar-refractivity contribution in [2.45, 2.75) is 13.8 Å². The third kappa shape index (κ3) is 3.31. The molecule has 0 unspecified atom stereocenters. The number of amidine groups is 1. The lowest BCUT2D eigenvalue weighted by molar-refractivity contribution is 0.850. The highest BCUT2D eigenvalue weighted by molar-refractivity contribution is 6.47. The van der Waals surface area contributed by atoms with Crippen LogP contribution in [0.2, 0.25) is 0 Å². The summed E-state index contributed by atoms with van der Waals surface area (Å²) in [5.41, 5.74) is 6.98. The summed E-state index contributed by atoms with van der Waals surface area (Å²) < 4.78 is 0. The zero-order valence-electron chi connectivity index (χ0n) is 14.2. The Morgan fingerprint density at radius 3 is 2.33 bits per heavy atom. The van der Waals surface area contributed by atoms with Crippen molar-refractivity contribution in [2.24, 2.45) is 4.99 Å². The first kappa shape index (κ1) is 16.2. The number of hydrogen-bond donors (Lipinski definition) is 2. The topological polar surface area (TPSA) is 54.7 Å². The summed E-state index contributed by atoms with van der Waals surface area (Å²) in [7, 11) is 0. The van der Waals surface area contributed by atoms with Gasteiger partial charge < -0.3 is 4.90 Å². The minimum atomic E-state index is 0.397. The maximum Gasteiger partial charge on any atom is 0.163 e. The number of anilines is 2. The molecule has 1 heterocycles. The highest BCUT2D eigenvalue weighted by Crippen LogP contribution is 2.21. The Balaban J connectivity index is 1.76. The molecule has 5 nitrogen and oxygen atoms in total. The van der Waals surface area contributed by atoms with Crippen LogP contribution in [0.3, 0.4) is 0 Å². The summed E-state index contributed by atoms with van der Waals surface area (Å²) >= 11 is 0. The predicted octanol–water partition coefficient (Wildman–Crippen LogP) is 3.61. The molecule has 0 bridgehead atoms. The lowest BCUT2D eigenvalue weighted by Crippen LogP contribution is -2.34. The van der Waals surface area contributed by atoms with Crippen molar-refractivity contribution < 1.29 is 0 Å². The van der Waals surface area contributed by atoms with Crippen molar-refractivity contribution in [3.8, 4) is 0 Å². The van der Waals surface area contributed by atoms with E-state index in [9.17, 15) is 0 Å². The fourth-order valence-corrected chi connectivity index (χ4v) is 2.82. The number of rotatable bonds is 5. The van der Waals surface area contributed by atoms with Crippen LogP contribution < -0.4 is 15.3 Å². The van der Waals surface area contributed by atoms with Crippen molar-refractivity contribution in [1.29, 1.82) is 5.41 Å². The molecule has 1 fully saturated rings. The number of para-hydroxylation sites is 1. The van der Waals surface area contributed by atoms with E-state index in [0.29, 0.717) is 12.4 Å². The molecule has 0 amide bonds. The molecule has 0 atom stereocenters. The molecule has 1 aliphatic heterocycles. The van der Waals surface area contributed by atoms with Gasteiger partial charge in [0.15, 0.2) is 5.84 Å². The van der Waals surface area contributed by atoms with Gasteiger partial charge in [0.1, 0.15) is 5.71 Å². The summed E-state index contributed by atoms with van der Waals surface area (Å²) in [4.78, 5) is 6.94. The van der Waals surface area contributed by atoms with Crippen molar-refractivity contribution in [1.82, 2.24) is 5.43 Å². The zero-order valence-corrected chi connectivity index (χ0v) is 14.2. The monoisotopic (exact) mass is 321 g/mol. The second kappa shape index (κ2) is 7.27. The minimum Gasteiger partial charge on any atom is -0.372 e. The van der Waals surface area contributed by atoms with E-state index < -0.39 is 0 Å². The Hall–Kier alpha value is -2.66.